The summed E-state index contributed by atoms with van der Waals surface area (Å²) in [6.07, 6.45) is 5.25. The molecule has 0 fully saturated rings. The van der Waals surface area contributed by atoms with Gasteiger partial charge in [-0.1, -0.05) is 24.9 Å². The maximum atomic E-state index is 8.64. The fraction of sp³-hybridized carbons (Fsp3) is 0.455. The molecule has 0 atom stereocenters. The normalized spacial score (nSPS) is 11.7. The lowest BCUT2D eigenvalue weighted by atomic mass is 10.3. The molecule has 0 spiro atoms. The molecule has 0 radical (unpaired) electrons. The number of hydrogen-bond acceptors (Lipinski definition) is 4. The van der Waals surface area contributed by atoms with Crippen molar-refractivity contribution in [3.05, 3.63) is 24.0 Å². The number of amidine groups is 1. The van der Waals surface area contributed by atoms with Crippen LogP contribution in [-0.2, 0) is 0 Å². The standard InChI is InChI=1S/C11H17N3OS/c1-2-3-4-8-16-9-6-5-7-13-10(9)11(12)14-15/h5-7,15H,2-4,8H2,1H3,(H2,12,14). The first kappa shape index (κ1) is 12.8. The maximum absolute atomic E-state index is 8.64. The number of oxime groups is 1. The van der Waals surface area contributed by atoms with Gasteiger partial charge in [0.1, 0.15) is 5.69 Å². The smallest absolute Gasteiger partial charge is 0.189 e. The molecule has 16 heavy (non-hydrogen) atoms. The summed E-state index contributed by atoms with van der Waals surface area (Å²) in [7, 11) is 0. The van der Waals surface area contributed by atoms with Gasteiger partial charge in [-0.3, -0.25) is 4.98 Å². The highest BCUT2D eigenvalue weighted by atomic mass is 32.2. The fourth-order valence-corrected chi connectivity index (χ4v) is 2.32. The predicted octanol–water partition coefficient (Wildman–Crippen LogP) is 2.46. The van der Waals surface area contributed by atoms with Crippen LogP contribution in [0.1, 0.15) is 31.9 Å². The van der Waals surface area contributed by atoms with Crippen molar-refractivity contribution in [2.45, 2.75) is 31.1 Å². The van der Waals surface area contributed by atoms with Crippen LogP contribution >= 0.6 is 11.8 Å². The van der Waals surface area contributed by atoms with Crippen LogP contribution in [0.4, 0.5) is 0 Å². The van der Waals surface area contributed by atoms with Gasteiger partial charge in [-0.2, -0.15) is 0 Å². The Morgan fingerprint density at radius 2 is 2.38 bits per heavy atom. The first-order valence-electron chi connectivity index (χ1n) is 5.35. The van der Waals surface area contributed by atoms with Gasteiger partial charge in [-0.15, -0.1) is 11.8 Å². The Hall–Kier alpha value is -1.23. The topological polar surface area (TPSA) is 71.5 Å². The molecular formula is C11H17N3OS. The minimum Gasteiger partial charge on any atom is -0.409 e. The zero-order chi connectivity index (χ0) is 11.8. The third-order valence-electron chi connectivity index (χ3n) is 2.13. The van der Waals surface area contributed by atoms with E-state index in [1.807, 2.05) is 12.1 Å². The summed E-state index contributed by atoms with van der Waals surface area (Å²) >= 11 is 1.70. The van der Waals surface area contributed by atoms with Crippen LogP contribution in [0.3, 0.4) is 0 Å². The van der Waals surface area contributed by atoms with Gasteiger partial charge in [0.25, 0.3) is 0 Å². The third kappa shape index (κ3) is 3.73. The Kier molecular flexibility index (Phi) is 5.71. The summed E-state index contributed by atoms with van der Waals surface area (Å²) in [5, 5.41) is 11.6. The molecule has 1 rings (SSSR count). The quantitative estimate of drug-likeness (QED) is 0.200. The molecule has 88 valence electrons. The zero-order valence-electron chi connectivity index (χ0n) is 9.39. The van der Waals surface area contributed by atoms with Gasteiger partial charge >= 0.3 is 0 Å². The number of pyridine rings is 1. The van der Waals surface area contributed by atoms with Gasteiger partial charge in [0.05, 0.1) is 0 Å². The van der Waals surface area contributed by atoms with Crippen molar-refractivity contribution >= 4 is 17.6 Å². The Balaban J connectivity index is 2.64. The number of rotatable bonds is 6. The summed E-state index contributed by atoms with van der Waals surface area (Å²) in [6.45, 7) is 2.18. The average Bonchev–Trinajstić information content (AvgIpc) is 2.34. The van der Waals surface area contributed by atoms with Crippen LogP contribution < -0.4 is 5.73 Å². The van der Waals surface area contributed by atoms with E-state index in [2.05, 4.69) is 17.1 Å². The monoisotopic (exact) mass is 239 g/mol. The van der Waals surface area contributed by atoms with Crippen molar-refractivity contribution in [3.63, 3.8) is 0 Å². The molecule has 4 nitrogen and oxygen atoms in total. The first-order valence-corrected chi connectivity index (χ1v) is 6.33. The summed E-state index contributed by atoms with van der Waals surface area (Å²) in [4.78, 5) is 5.08. The van der Waals surface area contributed by atoms with Gasteiger partial charge in [0.15, 0.2) is 5.84 Å². The van der Waals surface area contributed by atoms with Crippen molar-refractivity contribution in [2.24, 2.45) is 10.9 Å². The second-order valence-corrected chi connectivity index (χ2v) is 4.53. The van der Waals surface area contributed by atoms with E-state index in [1.165, 1.54) is 19.3 Å². The largest absolute Gasteiger partial charge is 0.409 e. The average molecular weight is 239 g/mol. The highest BCUT2D eigenvalue weighted by molar-refractivity contribution is 7.99. The molecule has 0 saturated carbocycles. The summed E-state index contributed by atoms with van der Waals surface area (Å²) in [5.41, 5.74) is 6.11. The van der Waals surface area contributed by atoms with Crippen LogP contribution in [-0.4, -0.2) is 21.8 Å². The maximum Gasteiger partial charge on any atom is 0.189 e. The molecule has 3 N–H and O–H groups in total. The lowest BCUT2D eigenvalue weighted by Gasteiger charge is -2.05. The number of unbranched alkanes of at least 4 members (excludes halogenated alkanes) is 2. The molecule has 0 aliphatic carbocycles. The Bertz CT molecular complexity index is 355. The van der Waals surface area contributed by atoms with E-state index < -0.39 is 0 Å². The first-order chi connectivity index (χ1) is 7.79. The molecular weight excluding hydrogens is 222 g/mol. The number of nitrogens with two attached hydrogens (primary N) is 1. The van der Waals surface area contributed by atoms with Crippen LogP contribution in [0.5, 0.6) is 0 Å². The number of aromatic nitrogens is 1. The van der Waals surface area contributed by atoms with Crippen molar-refractivity contribution in [3.8, 4) is 0 Å². The van der Waals surface area contributed by atoms with Gasteiger partial charge in [-0.05, 0) is 24.3 Å². The molecule has 0 aliphatic heterocycles. The molecule has 0 unspecified atom stereocenters. The zero-order valence-corrected chi connectivity index (χ0v) is 10.2. The van der Waals surface area contributed by atoms with Crippen LogP contribution in [0, 0.1) is 0 Å². The minimum atomic E-state index is 0.0681. The van der Waals surface area contributed by atoms with Crippen LogP contribution in [0.2, 0.25) is 0 Å². The van der Waals surface area contributed by atoms with E-state index in [9.17, 15) is 0 Å². The predicted molar refractivity (Wildman–Crippen MR) is 67.0 cm³/mol. The van der Waals surface area contributed by atoms with Crippen LogP contribution in [0.15, 0.2) is 28.4 Å². The highest BCUT2D eigenvalue weighted by Crippen LogP contribution is 2.22. The highest BCUT2D eigenvalue weighted by Gasteiger charge is 2.07. The number of thioether (sulfide) groups is 1. The summed E-state index contributed by atoms with van der Waals surface area (Å²) < 4.78 is 0. The van der Waals surface area contributed by atoms with Gasteiger partial charge in [-0.25, -0.2) is 0 Å². The molecule has 0 aromatic carbocycles. The van der Waals surface area contributed by atoms with E-state index in [-0.39, 0.29) is 5.84 Å². The van der Waals surface area contributed by atoms with Gasteiger partial charge in [0.2, 0.25) is 0 Å². The van der Waals surface area contributed by atoms with E-state index in [1.54, 1.807) is 18.0 Å². The lowest BCUT2D eigenvalue weighted by molar-refractivity contribution is 0.318. The van der Waals surface area contributed by atoms with E-state index in [0.29, 0.717) is 5.69 Å². The second kappa shape index (κ2) is 7.11. The molecule has 0 amide bonds. The SMILES string of the molecule is CCCCCSc1cccnc1/C(N)=N/O. The molecule has 5 heteroatoms. The fourth-order valence-electron chi connectivity index (χ4n) is 1.28. The van der Waals surface area contributed by atoms with Crippen molar-refractivity contribution in [2.75, 3.05) is 5.75 Å². The van der Waals surface area contributed by atoms with Crippen molar-refractivity contribution in [1.82, 2.24) is 4.98 Å². The minimum absolute atomic E-state index is 0.0681. The Labute approximate surface area is 99.9 Å². The molecule has 1 aromatic rings. The summed E-state index contributed by atoms with van der Waals surface area (Å²) in [6, 6.07) is 3.80. The van der Waals surface area contributed by atoms with Crippen molar-refractivity contribution < 1.29 is 5.21 Å². The number of nitrogens with zero attached hydrogens (tertiary/aromatic N) is 2. The molecule has 0 aliphatic rings. The van der Waals surface area contributed by atoms with E-state index in [4.69, 9.17) is 10.9 Å². The molecule has 1 heterocycles. The number of hydrogen-bond donors (Lipinski definition) is 2. The van der Waals surface area contributed by atoms with Crippen molar-refractivity contribution in [1.29, 1.82) is 0 Å². The molecule has 0 saturated heterocycles. The van der Waals surface area contributed by atoms with E-state index in [0.717, 1.165) is 10.6 Å². The molecule has 1 aromatic heterocycles. The summed E-state index contributed by atoms with van der Waals surface area (Å²) in [5.74, 6) is 1.10. The van der Waals surface area contributed by atoms with Gasteiger partial charge in [0, 0.05) is 11.1 Å². The second-order valence-electron chi connectivity index (χ2n) is 3.39. The Morgan fingerprint density at radius 1 is 1.56 bits per heavy atom. The van der Waals surface area contributed by atoms with E-state index >= 15 is 0 Å². The Morgan fingerprint density at radius 3 is 3.06 bits per heavy atom. The lowest BCUT2D eigenvalue weighted by Crippen LogP contribution is -2.16. The van der Waals surface area contributed by atoms with Gasteiger partial charge < -0.3 is 10.9 Å². The third-order valence-corrected chi connectivity index (χ3v) is 3.26. The van der Waals surface area contributed by atoms with Crippen LogP contribution in [0.25, 0.3) is 0 Å². The molecule has 0 bridgehead atoms.